The monoisotopic (exact) mass is 435 g/mol. The Morgan fingerprint density at radius 3 is 2.91 bits per heavy atom. The van der Waals surface area contributed by atoms with E-state index in [-0.39, 0.29) is 23.5 Å². The summed E-state index contributed by atoms with van der Waals surface area (Å²) >= 11 is 0. The SMILES string of the molecule is Cc1cc(C)n2nc(C(=O)N3CCC[C@@H](Cc4nc(-c5ccccc5F)no4)C3)nc2n1. The normalized spacial score (nSPS) is 16.6. The number of carbonyl (C=O) groups excluding carboxylic acids is 1. The molecule has 164 valence electrons. The molecule has 0 radical (unpaired) electrons. The molecule has 0 spiro atoms. The zero-order valence-corrected chi connectivity index (χ0v) is 17.8. The van der Waals surface area contributed by atoms with E-state index in [0.29, 0.717) is 36.7 Å². The van der Waals surface area contributed by atoms with Crippen LogP contribution in [0, 0.1) is 25.6 Å². The molecule has 1 atom stereocenters. The summed E-state index contributed by atoms with van der Waals surface area (Å²) in [4.78, 5) is 27.9. The van der Waals surface area contributed by atoms with Crippen LogP contribution in [0.4, 0.5) is 4.39 Å². The lowest BCUT2D eigenvalue weighted by atomic mass is 9.94. The molecule has 10 heteroatoms. The van der Waals surface area contributed by atoms with Crippen LogP contribution < -0.4 is 0 Å². The Kier molecular flexibility index (Phi) is 5.12. The first-order valence-corrected chi connectivity index (χ1v) is 10.6. The van der Waals surface area contributed by atoms with Gasteiger partial charge in [-0.3, -0.25) is 4.79 Å². The average molecular weight is 435 g/mol. The Hall–Kier alpha value is -3.69. The van der Waals surface area contributed by atoms with Crippen molar-refractivity contribution in [2.45, 2.75) is 33.1 Å². The molecular formula is C22H22FN7O2. The maximum Gasteiger partial charge on any atom is 0.293 e. The predicted octanol–water partition coefficient (Wildman–Crippen LogP) is 3.03. The van der Waals surface area contributed by atoms with Gasteiger partial charge in [0.2, 0.25) is 17.5 Å². The zero-order valence-electron chi connectivity index (χ0n) is 17.8. The van der Waals surface area contributed by atoms with Gasteiger partial charge in [-0.15, -0.1) is 5.10 Å². The highest BCUT2D eigenvalue weighted by atomic mass is 19.1. The van der Waals surface area contributed by atoms with Crippen molar-refractivity contribution in [3.63, 3.8) is 0 Å². The highest BCUT2D eigenvalue weighted by Gasteiger charge is 2.28. The number of fused-ring (bicyclic) bond motifs is 1. The maximum atomic E-state index is 14.0. The van der Waals surface area contributed by atoms with Crippen molar-refractivity contribution in [2.24, 2.45) is 5.92 Å². The fraction of sp³-hybridized carbons (Fsp3) is 0.364. The fourth-order valence-corrected chi connectivity index (χ4v) is 4.15. The summed E-state index contributed by atoms with van der Waals surface area (Å²) in [5.41, 5.74) is 2.01. The molecule has 4 aromatic rings. The van der Waals surface area contributed by atoms with Crippen molar-refractivity contribution in [3.05, 3.63) is 59.3 Å². The molecule has 0 saturated carbocycles. The van der Waals surface area contributed by atoms with Gasteiger partial charge in [-0.05, 0) is 50.8 Å². The second kappa shape index (κ2) is 8.10. The maximum absolute atomic E-state index is 14.0. The Balaban J connectivity index is 1.29. The quantitative estimate of drug-likeness (QED) is 0.485. The minimum atomic E-state index is -0.394. The number of aromatic nitrogens is 6. The van der Waals surface area contributed by atoms with Gasteiger partial charge in [0, 0.05) is 30.9 Å². The second-order valence-corrected chi connectivity index (χ2v) is 8.14. The highest BCUT2D eigenvalue weighted by Crippen LogP contribution is 2.24. The Bertz CT molecular complexity index is 1300. The van der Waals surface area contributed by atoms with Gasteiger partial charge in [0.05, 0.1) is 5.56 Å². The highest BCUT2D eigenvalue weighted by molar-refractivity contribution is 5.91. The lowest BCUT2D eigenvalue weighted by Crippen LogP contribution is -2.41. The van der Waals surface area contributed by atoms with Crippen molar-refractivity contribution in [1.29, 1.82) is 0 Å². The predicted molar refractivity (Wildman–Crippen MR) is 112 cm³/mol. The van der Waals surface area contributed by atoms with E-state index < -0.39 is 5.82 Å². The lowest BCUT2D eigenvalue weighted by Gasteiger charge is -2.31. The van der Waals surface area contributed by atoms with Crippen molar-refractivity contribution in [3.8, 4) is 11.4 Å². The number of nitrogens with zero attached hydrogens (tertiary/aromatic N) is 7. The minimum Gasteiger partial charge on any atom is -0.339 e. The van der Waals surface area contributed by atoms with Gasteiger partial charge >= 0.3 is 0 Å². The van der Waals surface area contributed by atoms with E-state index in [9.17, 15) is 9.18 Å². The van der Waals surface area contributed by atoms with Crippen LogP contribution in [0.5, 0.6) is 0 Å². The van der Waals surface area contributed by atoms with Crippen LogP contribution in [-0.4, -0.2) is 53.6 Å². The van der Waals surface area contributed by atoms with E-state index in [0.717, 1.165) is 24.2 Å². The number of carbonyl (C=O) groups is 1. The second-order valence-electron chi connectivity index (χ2n) is 8.14. The molecule has 0 bridgehead atoms. The molecule has 1 saturated heterocycles. The summed E-state index contributed by atoms with van der Waals surface area (Å²) in [5, 5.41) is 8.28. The molecule has 3 aromatic heterocycles. The van der Waals surface area contributed by atoms with Gasteiger partial charge in [0.25, 0.3) is 11.7 Å². The van der Waals surface area contributed by atoms with Crippen molar-refractivity contribution >= 4 is 11.7 Å². The molecule has 1 aliphatic rings. The van der Waals surface area contributed by atoms with Gasteiger partial charge in [-0.2, -0.15) is 9.97 Å². The van der Waals surface area contributed by atoms with Crippen LogP contribution in [-0.2, 0) is 6.42 Å². The van der Waals surface area contributed by atoms with Crippen LogP contribution in [0.2, 0.25) is 0 Å². The Labute approximate surface area is 183 Å². The molecule has 1 amide bonds. The molecule has 9 nitrogen and oxygen atoms in total. The molecule has 0 N–H and O–H groups in total. The molecule has 0 aliphatic carbocycles. The first kappa shape index (κ1) is 20.2. The van der Waals surface area contributed by atoms with Crippen LogP contribution in [0.15, 0.2) is 34.9 Å². The van der Waals surface area contributed by atoms with Gasteiger partial charge < -0.3 is 9.42 Å². The van der Waals surface area contributed by atoms with Gasteiger partial charge in [-0.25, -0.2) is 13.9 Å². The summed E-state index contributed by atoms with van der Waals surface area (Å²) in [6.07, 6.45) is 2.30. The van der Waals surface area contributed by atoms with Gasteiger partial charge in [0.1, 0.15) is 5.82 Å². The lowest BCUT2D eigenvalue weighted by molar-refractivity contribution is 0.0656. The van der Waals surface area contributed by atoms with Crippen LogP contribution >= 0.6 is 0 Å². The van der Waals surface area contributed by atoms with Crippen LogP contribution in [0.25, 0.3) is 17.2 Å². The van der Waals surface area contributed by atoms with E-state index in [1.54, 1.807) is 27.6 Å². The number of amides is 1. The molecule has 32 heavy (non-hydrogen) atoms. The van der Waals surface area contributed by atoms with E-state index in [1.807, 2.05) is 19.9 Å². The third-order valence-electron chi connectivity index (χ3n) is 5.66. The number of rotatable bonds is 4. The van der Waals surface area contributed by atoms with Crippen molar-refractivity contribution in [2.75, 3.05) is 13.1 Å². The smallest absolute Gasteiger partial charge is 0.293 e. The Morgan fingerprint density at radius 2 is 2.06 bits per heavy atom. The summed E-state index contributed by atoms with van der Waals surface area (Å²) in [6.45, 7) is 4.97. The number of hydrogen-bond donors (Lipinski definition) is 0. The number of halogens is 1. The standard InChI is InChI=1S/C22H22FN7O2/c1-13-10-14(2)30-22(24-13)26-20(27-30)21(31)29-9-5-6-15(12-29)11-18-25-19(28-32-18)16-7-3-4-8-17(16)23/h3-4,7-8,10,15H,5-6,9,11-12H2,1-2H3/t15-/m0/s1. The third-order valence-corrected chi connectivity index (χ3v) is 5.66. The van der Waals surface area contributed by atoms with Crippen LogP contribution in [0.3, 0.4) is 0 Å². The first-order valence-electron chi connectivity index (χ1n) is 10.6. The number of hydrogen-bond acceptors (Lipinski definition) is 7. The van der Waals surface area contributed by atoms with E-state index in [1.165, 1.54) is 6.07 Å². The average Bonchev–Trinajstić information content (AvgIpc) is 3.41. The fourth-order valence-electron chi connectivity index (χ4n) is 4.15. The number of likely N-dealkylation sites (tertiary alicyclic amines) is 1. The van der Waals surface area contributed by atoms with E-state index in [4.69, 9.17) is 4.52 Å². The van der Waals surface area contributed by atoms with Gasteiger partial charge in [0.15, 0.2) is 0 Å². The number of aryl methyl sites for hydroxylation is 2. The summed E-state index contributed by atoms with van der Waals surface area (Å²) in [5.74, 6) is 0.778. The summed E-state index contributed by atoms with van der Waals surface area (Å²) < 4.78 is 20.9. The molecular weight excluding hydrogens is 413 g/mol. The first-order chi connectivity index (χ1) is 15.5. The number of benzene rings is 1. The van der Waals surface area contributed by atoms with E-state index in [2.05, 4.69) is 25.2 Å². The Morgan fingerprint density at radius 1 is 1.22 bits per heavy atom. The minimum absolute atomic E-state index is 0.145. The van der Waals surface area contributed by atoms with Crippen molar-refractivity contribution < 1.29 is 13.7 Å². The summed E-state index contributed by atoms with van der Waals surface area (Å²) in [7, 11) is 0. The molecule has 0 unspecified atom stereocenters. The summed E-state index contributed by atoms with van der Waals surface area (Å²) in [6, 6.07) is 8.22. The third kappa shape index (κ3) is 3.83. The number of piperidine rings is 1. The molecule has 1 fully saturated rings. The molecule has 1 aliphatic heterocycles. The van der Waals surface area contributed by atoms with Gasteiger partial charge in [-0.1, -0.05) is 17.3 Å². The molecule has 1 aromatic carbocycles. The molecule has 5 rings (SSSR count). The molecule has 4 heterocycles. The van der Waals surface area contributed by atoms with Crippen molar-refractivity contribution in [1.82, 2.24) is 34.6 Å². The van der Waals surface area contributed by atoms with E-state index >= 15 is 0 Å². The topological polar surface area (TPSA) is 102 Å². The van der Waals surface area contributed by atoms with Crippen LogP contribution in [0.1, 0.15) is 40.7 Å². The zero-order chi connectivity index (χ0) is 22.2. The largest absolute Gasteiger partial charge is 0.339 e.